The Morgan fingerprint density at radius 2 is 2.27 bits per heavy atom. The molecule has 84 valence electrons. The highest BCUT2D eigenvalue weighted by molar-refractivity contribution is 5.10. The third-order valence-electron chi connectivity index (χ3n) is 4.48. The second kappa shape index (κ2) is 3.91. The first-order chi connectivity index (χ1) is 7.31. The summed E-state index contributed by atoms with van der Waals surface area (Å²) in [5.74, 6) is 2.76. The van der Waals surface area contributed by atoms with Crippen LogP contribution in [0.2, 0.25) is 0 Å². The summed E-state index contributed by atoms with van der Waals surface area (Å²) in [6, 6.07) is 0.762. The fraction of sp³-hybridized carbons (Fsp3) is 0.846. The zero-order valence-corrected chi connectivity index (χ0v) is 9.65. The van der Waals surface area contributed by atoms with Crippen LogP contribution in [0.4, 0.5) is 0 Å². The fourth-order valence-electron chi connectivity index (χ4n) is 3.55. The molecular formula is C13H22N2. The van der Waals surface area contributed by atoms with Gasteiger partial charge in [0.2, 0.25) is 0 Å². The molecule has 0 radical (unpaired) electrons. The second-order valence-corrected chi connectivity index (χ2v) is 5.70. The fourth-order valence-corrected chi connectivity index (χ4v) is 3.55. The molecule has 0 aromatic heterocycles. The summed E-state index contributed by atoms with van der Waals surface area (Å²) in [5.41, 5.74) is 0. The summed E-state index contributed by atoms with van der Waals surface area (Å²) < 4.78 is 0. The van der Waals surface area contributed by atoms with Crippen molar-refractivity contribution in [3.05, 3.63) is 12.2 Å². The van der Waals surface area contributed by atoms with E-state index >= 15 is 0 Å². The maximum atomic E-state index is 3.76. The summed E-state index contributed by atoms with van der Waals surface area (Å²) in [7, 11) is 2.22. The largest absolute Gasteiger partial charge is 0.312 e. The third kappa shape index (κ3) is 1.98. The molecule has 1 aliphatic heterocycles. The van der Waals surface area contributed by atoms with E-state index in [4.69, 9.17) is 0 Å². The van der Waals surface area contributed by atoms with E-state index in [9.17, 15) is 0 Å². The standard InChI is InChI=1S/C13H22N2/c1-15-5-4-13(9-15)14-8-12-7-10-2-3-11(12)6-10/h2-3,10-14H,4-9H2,1H3/t10-,11-,12-,13-/m0/s1. The average molecular weight is 206 g/mol. The molecule has 15 heavy (non-hydrogen) atoms. The molecule has 1 saturated carbocycles. The lowest BCUT2D eigenvalue weighted by Gasteiger charge is -2.21. The SMILES string of the molecule is CN1CC[C@H](NC[C@@H]2C[C@H]3C=C[C@H]2C3)C1. The van der Waals surface area contributed by atoms with Crippen LogP contribution in [0.1, 0.15) is 19.3 Å². The zero-order chi connectivity index (χ0) is 10.3. The van der Waals surface area contributed by atoms with Gasteiger partial charge in [-0.3, -0.25) is 0 Å². The summed E-state index contributed by atoms with van der Waals surface area (Å²) >= 11 is 0. The average Bonchev–Trinajstić information content (AvgIpc) is 2.90. The number of nitrogens with zero attached hydrogens (tertiary/aromatic N) is 1. The first-order valence-corrected chi connectivity index (χ1v) is 6.41. The summed E-state index contributed by atoms with van der Waals surface area (Å²) in [6.45, 7) is 3.77. The van der Waals surface area contributed by atoms with E-state index < -0.39 is 0 Å². The van der Waals surface area contributed by atoms with E-state index in [2.05, 4.69) is 29.4 Å². The van der Waals surface area contributed by atoms with Gasteiger partial charge in [-0.2, -0.15) is 0 Å². The van der Waals surface area contributed by atoms with Gasteiger partial charge in [0, 0.05) is 12.6 Å². The molecule has 0 unspecified atom stereocenters. The van der Waals surface area contributed by atoms with E-state index in [1.54, 1.807) is 0 Å². The minimum absolute atomic E-state index is 0.762. The van der Waals surface area contributed by atoms with Gasteiger partial charge in [-0.15, -0.1) is 0 Å². The molecule has 2 aliphatic carbocycles. The lowest BCUT2D eigenvalue weighted by atomic mass is 9.93. The number of hydrogen-bond acceptors (Lipinski definition) is 2. The van der Waals surface area contributed by atoms with Crippen LogP contribution in [-0.4, -0.2) is 37.6 Å². The van der Waals surface area contributed by atoms with Gasteiger partial charge in [-0.05, 0) is 57.2 Å². The predicted molar refractivity (Wildman–Crippen MR) is 62.7 cm³/mol. The molecule has 2 fully saturated rings. The van der Waals surface area contributed by atoms with E-state index in [-0.39, 0.29) is 0 Å². The van der Waals surface area contributed by atoms with Crippen LogP contribution >= 0.6 is 0 Å². The number of nitrogens with one attached hydrogen (secondary N) is 1. The van der Waals surface area contributed by atoms with Crippen molar-refractivity contribution in [2.45, 2.75) is 25.3 Å². The predicted octanol–water partition coefficient (Wildman–Crippen LogP) is 1.49. The molecule has 1 saturated heterocycles. The zero-order valence-electron chi connectivity index (χ0n) is 9.65. The van der Waals surface area contributed by atoms with Gasteiger partial charge >= 0.3 is 0 Å². The van der Waals surface area contributed by atoms with Crippen LogP contribution in [0, 0.1) is 17.8 Å². The molecule has 2 bridgehead atoms. The maximum absolute atomic E-state index is 3.76. The molecule has 4 atom stereocenters. The van der Waals surface area contributed by atoms with Crippen LogP contribution in [0.3, 0.4) is 0 Å². The van der Waals surface area contributed by atoms with Crippen LogP contribution in [-0.2, 0) is 0 Å². The molecule has 1 heterocycles. The first-order valence-electron chi connectivity index (χ1n) is 6.41. The molecule has 0 spiro atoms. The molecule has 2 heteroatoms. The van der Waals surface area contributed by atoms with E-state index in [1.165, 1.54) is 38.9 Å². The van der Waals surface area contributed by atoms with E-state index in [0.29, 0.717) is 0 Å². The summed E-state index contributed by atoms with van der Waals surface area (Å²) in [4.78, 5) is 2.43. The van der Waals surface area contributed by atoms with Gasteiger partial charge in [0.15, 0.2) is 0 Å². The van der Waals surface area contributed by atoms with Crippen molar-refractivity contribution in [2.24, 2.45) is 17.8 Å². The molecule has 0 aromatic rings. The molecule has 1 N–H and O–H groups in total. The Hall–Kier alpha value is -0.340. The second-order valence-electron chi connectivity index (χ2n) is 5.70. The van der Waals surface area contributed by atoms with Gasteiger partial charge in [0.05, 0.1) is 0 Å². The van der Waals surface area contributed by atoms with Gasteiger partial charge in [-0.25, -0.2) is 0 Å². The van der Waals surface area contributed by atoms with Crippen molar-refractivity contribution >= 4 is 0 Å². The van der Waals surface area contributed by atoms with Crippen molar-refractivity contribution in [3.63, 3.8) is 0 Å². The lowest BCUT2D eigenvalue weighted by molar-refractivity contribution is 0.364. The number of hydrogen-bond donors (Lipinski definition) is 1. The Kier molecular flexibility index (Phi) is 2.57. The number of allylic oxidation sites excluding steroid dienone is 2. The van der Waals surface area contributed by atoms with Crippen molar-refractivity contribution in [1.29, 1.82) is 0 Å². The summed E-state index contributed by atoms with van der Waals surface area (Å²) in [5, 5.41) is 3.76. The lowest BCUT2D eigenvalue weighted by Crippen LogP contribution is -2.36. The van der Waals surface area contributed by atoms with Crippen molar-refractivity contribution in [2.75, 3.05) is 26.7 Å². The van der Waals surface area contributed by atoms with Gasteiger partial charge in [0.25, 0.3) is 0 Å². The highest BCUT2D eigenvalue weighted by Gasteiger charge is 2.35. The molecule has 2 nitrogen and oxygen atoms in total. The highest BCUT2D eigenvalue weighted by atomic mass is 15.2. The normalized spacial score (nSPS) is 44.3. The first kappa shape index (κ1) is 9.86. The smallest absolute Gasteiger partial charge is 0.0207 e. The van der Waals surface area contributed by atoms with Crippen LogP contribution in [0.15, 0.2) is 12.2 Å². The monoisotopic (exact) mass is 206 g/mol. The van der Waals surface area contributed by atoms with E-state index in [0.717, 1.165) is 23.8 Å². The van der Waals surface area contributed by atoms with E-state index in [1.807, 2.05) is 0 Å². The number of likely N-dealkylation sites (N-methyl/N-ethyl adjacent to an activating group) is 1. The number of fused-ring (bicyclic) bond motifs is 2. The molecule has 0 aromatic carbocycles. The third-order valence-corrected chi connectivity index (χ3v) is 4.48. The van der Waals surface area contributed by atoms with Gasteiger partial charge in [-0.1, -0.05) is 12.2 Å². The maximum Gasteiger partial charge on any atom is 0.0207 e. The van der Waals surface area contributed by atoms with Crippen LogP contribution in [0.5, 0.6) is 0 Å². The highest BCUT2D eigenvalue weighted by Crippen LogP contribution is 2.43. The number of likely N-dealkylation sites (tertiary alicyclic amines) is 1. The Morgan fingerprint density at radius 1 is 1.33 bits per heavy atom. The number of rotatable bonds is 3. The topological polar surface area (TPSA) is 15.3 Å². The van der Waals surface area contributed by atoms with Crippen molar-refractivity contribution in [1.82, 2.24) is 10.2 Å². The molecule has 3 rings (SSSR count). The van der Waals surface area contributed by atoms with Crippen LogP contribution in [0.25, 0.3) is 0 Å². The van der Waals surface area contributed by atoms with Gasteiger partial charge in [0.1, 0.15) is 0 Å². The quantitative estimate of drug-likeness (QED) is 0.704. The minimum atomic E-state index is 0.762. The van der Waals surface area contributed by atoms with Crippen molar-refractivity contribution < 1.29 is 0 Å². The Labute approximate surface area is 92.7 Å². The van der Waals surface area contributed by atoms with Crippen molar-refractivity contribution in [3.8, 4) is 0 Å². The van der Waals surface area contributed by atoms with Gasteiger partial charge < -0.3 is 10.2 Å². The molecular weight excluding hydrogens is 184 g/mol. The Balaban J connectivity index is 1.45. The minimum Gasteiger partial charge on any atom is -0.312 e. The Bertz CT molecular complexity index is 261. The molecule has 0 amide bonds. The Morgan fingerprint density at radius 3 is 2.87 bits per heavy atom. The molecule has 3 aliphatic rings. The summed E-state index contributed by atoms with van der Waals surface area (Å²) in [6.07, 6.45) is 9.12. The van der Waals surface area contributed by atoms with Crippen LogP contribution < -0.4 is 5.32 Å².